The van der Waals surface area contributed by atoms with Gasteiger partial charge in [0.15, 0.2) is 0 Å². The van der Waals surface area contributed by atoms with E-state index in [1.165, 1.54) is 30.3 Å². The van der Waals surface area contributed by atoms with Crippen molar-refractivity contribution in [2.75, 3.05) is 31.6 Å². The quantitative estimate of drug-likeness (QED) is 0.621. The molecule has 0 radical (unpaired) electrons. The summed E-state index contributed by atoms with van der Waals surface area (Å²) in [5.41, 5.74) is 0.662. The maximum Gasteiger partial charge on any atom is 0.294 e. The minimum absolute atomic E-state index is 0.0564. The summed E-state index contributed by atoms with van der Waals surface area (Å²) in [4.78, 5) is 24.7. The van der Waals surface area contributed by atoms with Crippen LogP contribution in [0.2, 0.25) is 5.02 Å². The first kappa shape index (κ1) is 19.2. The molecule has 2 aromatic carbocycles. The summed E-state index contributed by atoms with van der Waals surface area (Å²) in [5, 5.41) is 13.9. The van der Waals surface area contributed by atoms with Crippen molar-refractivity contribution in [3.05, 3.63) is 69.0 Å². The lowest BCUT2D eigenvalue weighted by Gasteiger charge is -2.32. The molecule has 9 heteroatoms. The molecule has 0 saturated carbocycles. The van der Waals surface area contributed by atoms with Crippen LogP contribution in [-0.2, 0) is 9.53 Å². The highest BCUT2D eigenvalue weighted by Crippen LogP contribution is 2.28. The number of morpholine rings is 1. The molecule has 27 heavy (non-hydrogen) atoms. The third kappa shape index (κ3) is 5.00. The summed E-state index contributed by atoms with van der Waals surface area (Å²) in [6, 6.07) is 10.1. The zero-order valence-electron chi connectivity index (χ0n) is 14.2. The number of carbonyl (C=O) groups is 1. The van der Waals surface area contributed by atoms with E-state index >= 15 is 0 Å². The van der Waals surface area contributed by atoms with Gasteiger partial charge >= 0.3 is 0 Å². The number of hydrogen-bond acceptors (Lipinski definition) is 5. The van der Waals surface area contributed by atoms with Gasteiger partial charge in [-0.1, -0.05) is 23.7 Å². The molecular formula is C18H17ClFN3O4. The van der Waals surface area contributed by atoms with E-state index < -0.39 is 4.92 Å². The van der Waals surface area contributed by atoms with E-state index in [0.29, 0.717) is 19.7 Å². The van der Waals surface area contributed by atoms with E-state index in [0.717, 1.165) is 5.56 Å². The standard InChI is InChI=1S/C18H17ClFN3O4/c19-13-3-6-15(16(9-13)23(25)26)21-18(24)11-22-7-8-27-17(10-22)12-1-4-14(20)5-2-12/h1-6,9,17H,7-8,10-11H2,(H,21,24). The fraction of sp³-hybridized carbons (Fsp3) is 0.278. The number of benzene rings is 2. The van der Waals surface area contributed by atoms with E-state index in [1.807, 2.05) is 4.90 Å². The number of halogens is 2. The first-order valence-corrected chi connectivity index (χ1v) is 8.63. The Morgan fingerprint density at radius 1 is 1.33 bits per heavy atom. The molecule has 0 aliphatic carbocycles. The van der Waals surface area contributed by atoms with Crippen LogP contribution in [0.5, 0.6) is 0 Å². The molecule has 1 amide bonds. The van der Waals surface area contributed by atoms with E-state index in [4.69, 9.17) is 16.3 Å². The lowest BCUT2D eigenvalue weighted by Crippen LogP contribution is -2.42. The van der Waals surface area contributed by atoms with Gasteiger partial charge in [-0.05, 0) is 29.8 Å². The number of rotatable bonds is 5. The van der Waals surface area contributed by atoms with Crippen molar-refractivity contribution in [3.63, 3.8) is 0 Å². The van der Waals surface area contributed by atoms with Crippen molar-refractivity contribution in [2.24, 2.45) is 0 Å². The second kappa shape index (κ2) is 8.43. The SMILES string of the molecule is O=C(CN1CCOC(c2ccc(F)cc2)C1)Nc1ccc(Cl)cc1[N+](=O)[O-]. The molecule has 1 aliphatic rings. The van der Waals surface area contributed by atoms with Crippen molar-refractivity contribution in [1.82, 2.24) is 4.90 Å². The molecule has 3 rings (SSSR count). The van der Waals surface area contributed by atoms with Crippen molar-refractivity contribution < 1.29 is 18.8 Å². The fourth-order valence-electron chi connectivity index (χ4n) is 2.88. The van der Waals surface area contributed by atoms with Gasteiger partial charge in [-0.25, -0.2) is 4.39 Å². The third-order valence-electron chi connectivity index (χ3n) is 4.19. The average Bonchev–Trinajstić information content (AvgIpc) is 2.64. The van der Waals surface area contributed by atoms with E-state index in [-0.39, 0.29) is 40.8 Å². The molecule has 0 bridgehead atoms. The monoisotopic (exact) mass is 393 g/mol. The molecule has 1 unspecified atom stereocenters. The highest BCUT2D eigenvalue weighted by atomic mass is 35.5. The van der Waals surface area contributed by atoms with Crippen LogP contribution in [0.4, 0.5) is 15.8 Å². The fourth-order valence-corrected chi connectivity index (χ4v) is 3.05. The Morgan fingerprint density at radius 3 is 2.78 bits per heavy atom. The molecular weight excluding hydrogens is 377 g/mol. The summed E-state index contributed by atoms with van der Waals surface area (Å²) >= 11 is 5.77. The molecule has 1 fully saturated rings. The van der Waals surface area contributed by atoms with Crippen LogP contribution >= 0.6 is 11.6 Å². The number of ether oxygens (including phenoxy) is 1. The van der Waals surface area contributed by atoms with Crippen LogP contribution in [0, 0.1) is 15.9 Å². The van der Waals surface area contributed by atoms with Crippen molar-refractivity contribution in [1.29, 1.82) is 0 Å². The summed E-state index contributed by atoms with van der Waals surface area (Å²) < 4.78 is 18.8. The lowest BCUT2D eigenvalue weighted by molar-refractivity contribution is -0.383. The predicted molar refractivity (Wildman–Crippen MR) is 98.3 cm³/mol. The maximum atomic E-state index is 13.1. The van der Waals surface area contributed by atoms with Crippen molar-refractivity contribution in [3.8, 4) is 0 Å². The molecule has 0 aromatic heterocycles. The number of carbonyl (C=O) groups excluding carboxylic acids is 1. The number of hydrogen-bond donors (Lipinski definition) is 1. The first-order chi connectivity index (χ1) is 12.9. The summed E-state index contributed by atoms with van der Waals surface area (Å²) in [6.45, 7) is 1.49. The summed E-state index contributed by atoms with van der Waals surface area (Å²) in [6.07, 6.45) is -0.267. The van der Waals surface area contributed by atoms with Crippen LogP contribution in [-0.4, -0.2) is 42.0 Å². The third-order valence-corrected chi connectivity index (χ3v) is 4.43. The van der Waals surface area contributed by atoms with E-state index in [1.54, 1.807) is 12.1 Å². The van der Waals surface area contributed by atoms with Crippen LogP contribution in [0.25, 0.3) is 0 Å². The highest BCUT2D eigenvalue weighted by Gasteiger charge is 2.24. The average molecular weight is 394 g/mol. The smallest absolute Gasteiger partial charge is 0.294 e. The number of nitrogens with one attached hydrogen (secondary N) is 1. The zero-order valence-corrected chi connectivity index (χ0v) is 15.0. The number of anilines is 1. The molecule has 1 heterocycles. The number of nitro benzene ring substituents is 1. The Kier molecular flexibility index (Phi) is 6.00. The molecule has 1 atom stereocenters. The molecule has 7 nitrogen and oxygen atoms in total. The van der Waals surface area contributed by atoms with E-state index in [9.17, 15) is 19.3 Å². The number of nitrogens with zero attached hydrogens (tertiary/aromatic N) is 2. The minimum Gasteiger partial charge on any atom is -0.371 e. The van der Waals surface area contributed by atoms with Gasteiger partial charge < -0.3 is 10.1 Å². The van der Waals surface area contributed by atoms with Crippen LogP contribution in [0.15, 0.2) is 42.5 Å². The van der Waals surface area contributed by atoms with E-state index in [2.05, 4.69) is 5.32 Å². The molecule has 0 spiro atoms. The Balaban J connectivity index is 1.62. The Hall–Kier alpha value is -2.55. The van der Waals surface area contributed by atoms with Crippen LogP contribution in [0.3, 0.4) is 0 Å². The molecule has 142 valence electrons. The predicted octanol–water partition coefficient (Wildman–Crippen LogP) is 3.40. The summed E-state index contributed by atoms with van der Waals surface area (Å²) in [5.74, 6) is -0.699. The second-order valence-electron chi connectivity index (χ2n) is 6.11. The second-order valence-corrected chi connectivity index (χ2v) is 6.55. The van der Waals surface area contributed by atoms with Gasteiger partial charge in [0, 0.05) is 24.2 Å². The first-order valence-electron chi connectivity index (χ1n) is 8.25. The van der Waals surface area contributed by atoms with Gasteiger partial charge in [0.25, 0.3) is 5.69 Å². The van der Waals surface area contributed by atoms with Gasteiger partial charge in [0.05, 0.1) is 24.2 Å². The number of nitro groups is 1. The Morgan fingerprint density at radius 2 is 2.07 bits per heavy atom. The normalized spacial score (nSPS) is 17.5. The van der Waals surface area contributed by atoms with Gasteiger partial charge in [0.2, 0.25) is 5.91 Å². The van der Waals surface area contributed by atoms with Crippen molar-refractivity contribution in [2.45, 2.75) is 6.10 Å². The largest absolute Gasteiger partial charge is 0.371 e. The maximum absolute atomic E-state index is 13.1. The number of amides is 1. The lowest BCUT2D eigenvalue weighted by atomic mass is 10.1. The van der Waals surface area contributed by atoms with Crippen LogP contribution < -0.4 is 5.32 Å². The Bertz CT molecular complexity index is 847. The van der Waals surface area contributed by atoms with Gasteiger partial charge in [-0.15, -0.1) is 0 Å². The van der Waals surface area contributed by atoms with Crippen molar-refractivity contribution >= 4 is 28.9 Å². The highest BCUT2D eigenvalue weighted by molar-refractivity contribution is 6.31. The van der Waals surface area contributed by atoms with Gasteiger partial charge in [-0.3, -0.25) is 19.8 Å². The topological polar surface area (TPSA) is 84.7 Å². The van der Waals surface area contributed by atoms with Gasteiger partial charge in [-0.2, -0.15) is 0 Å². The molecule has 2 aromatic rings. The zero-order chi connectivity index (χ0) is 19.4. The van der Waals surface area contributed by atoms with Crippen LogP contribution in [0.1, 0.15) is 11.7 Å². The molecule has 1 N–H and O–H groups in total. The summed E-state index contributed by atoms with van der Waals surface area (Å²) in [7, 11) is 0. The van der Waals surface area contributed by atoms with Gasteiger partial charge in [0.1, 0.15) is 11.5 Å². The minimum atomic E-state index is -0.596. The Labute approximate surface area is 159 Å². The molecule has 1 saturated heterocycles. The molecule has 1 aliphatic heterocycles.